The van der Waals surface area contributed by atoms with Gasteiger partial charge in [0.1, 0.15) is 5.82 Å². The number of hydrogen-bond donors (Lipinski definition) is 2. The summed E-state index contributed by atoms with van der Waals surface area (Å²) in [7, 11) is 0. The van der Waals surface area contributed by atoms with Gasteiger partial charge in [0, 0.05) is 18.4 Å². The van der Waals surface area contributed by atoms with Crippen molar-refractivity contribution in [3.05, 3.63) is 41.6 Å². The number of aromatic nitrogens is 2. The lowest BCUT2D eigenvalue weighted by molar-refractivity contribution is 0.953. The van der Waals surface area contributed by atoms with Gasteiger partial charge >= 0.3 is 0 Å². The molecule has 0 amide bonds. The molecule has 0 saturated heterocycles. The van der Waals surface area contributed by atoms with Gasteiger partial charge in [0.2, 0.25) is 5.95 Å². The molecule has 4 nitrogen and oxygen atoms in total. The zero-order valence-electron chi connectivity index (χ0n) is 12.4. The number of hydrogen-bond acceptors (Lipinski definition) is 4. The molecule has 20 heavy (non-hydrogen) atoms. The SMILES string of the molecule is CCCNc1nccc(Nc2c(C)cccc2CC)n1. The third-order valence-corrected chi connectivity index (χ3v) is 3.18. The summed E-state index contributed by atoms with van der Waals surface area (Å²) in [4.78, 5) is 8.71. The second-order valence-electron chi connectivity index (χ2n) is 4.78. The minimum atomic E-state index is 0.670. The normalized spacial score (nSPS) is 10.3. The van der Waals surface area contributed by atoms with Crippen molar-refractivity contribution in [2.75, 3.05) is 17.2 Å². The Balaban J connectivity index is 2.21. The van der Waals surface area contributed by atoms with E-state index >= 15 is 0 Å². The van der Waals surface area contributed by atoms with Crippen molar-refractivity contribution >= 4 is 17.5 Å². The summed E-state index contributed by atoms with van der Waals surface area (Å²) in [5.74, 6) is 1.49. The maximum atomic E-state index is 4.49. The average molecular weight is 270 g/mol. The Hall–Kier alpha value is -2.10. The molecule has 0 unspecified atom stereocenters. The number of benzene rings is 1. The fourth-order valence-corrected chi connectivity index (χ4v) is 2.08. The number of anilines is 3. The quantitative estimate of drug-likeness (QED) is 0.835. The first-order valence-corrected chi connectivity index (χ1v) is 7.17. The summed E-state index contributed by atoms with van der Waals surface area (Å²) in [6.07, 6.45) is 3.83. The number of rotatable bonds is 6. The predicted octanol–water partition coefficient (Wildman–Crippen LogP) is 3.91. The summed E-state index contributed by atoms with van der Waals surface area (Å²) in [6, 6.07) is 8.24. The molecule has 2 N–H and O–H groups in total. The Labute approximate surface area is 120 Å². The van der Waals surface area contributed by atoms with Crippen LogP contribution in [0.15, 0.2) is 30.5 Å². The smallest absolute Gasteiger partial charge is 0.224 e. The first-order valence-electron chi connectivity index (χ1n) is 7.17. The van der Waals surface area contributed by atoms with Crippen molar-refractivity contribution in [1.82, 2.24) is 9.97 Å². The third kappa shape index (κ3) is 3.47. The van der Waals surface area contributed by atoms with Crippen LogP contribution in [-0.4, -0.2) is 16.5 Å². The molecule has 2 rings (SSSR count). The molecule has 0 aliphatic rings. The van der Waals surface area contributed by atoms with Crippen molar-refractivity contribution in [2.24, 2.45) is 0 Å². The number of nitrogens with one attached hydrogen (secondary N) is 2. The van der Waals surface area contributed by atoms with E-state index in [4.69, 9.17) is 0 Å². The second-order valence-corrected chi connectivity index (χ2v) is 4.78. The van der Waals surface area contributed by atoms with E-state index in [9.17, 15) is 0 Å². The highest BCUT2D eigenvalue weighted by Gasteiger charge is 2.06. The van der Waals surface area contributed by atoms with E-state index in [1.807, 2.05) is 6.07 Å². The first kappa shape index (κ1) is 14.3. The van der Waals surface area contributed by atoms with Crippen LogP contribution in [-0.2, 0) is 6.42 Å². The van der Waals surface area contributed by atoms with Crippen LogP contribution >= 0.6 is 0 Å². The molecular weight excluding hydrogens is 248 g/mol. The van der Waals surface area contributed by atoms with Gasteiger partial charge in [-0.15, -0.1) is 0 Å². The van der Waals surface area contributed by atoms with Crippen LogP contribution in [0.4, 0.5) is 17.5 Å². The Bertz CT molecular complexity index is 566. The number of nitrogens with zero attached hydrogens (tertiary/aromatic N) is 2. The molecule has 0 radical (unpaired) electrons. The molecule has 0 atom stereocenters. The Morgan fingerprint density at radius 1 is 1.15 bits per heavy atom. The fraction of sp³-hybridized carbons (Fsp3) is 0.375. The van der Waals surface area contributed by atoms with E-state index in [0.717, 1.165) is 30.9 Å². The largest absolute Gasteiger partial charge is 0.354 e. The monoisotopic (exact) mass is 270 g/mol. The van der Waals surface area contributed by atoms with Crippen molar-refractivity contribution in [2.45, 2.75) is 33.6 Å². The summed E-state index contributed by atoms with van der Waals surface area (Å²) in [5, 5.41) is 6.62. The zero-order valence-corrected chi connectivity index (χ0v) is 12.4. The highest BCUT2D eigenvalue weighted by Crippen LogP contribution is 2.24. The molecule has 106 valence electrons. The van der Waals surface area contributed by atoms with E-state index in [1.54, 1.807) is 6.20 Å². The summed E-state index contributed by atoms with van der Waals surface area (Å²) in [6.45, 7) is 7.27. The molecule has 2 aromatic rings. The van der Waals surface area contributed by atoms with Gasteiger partial charge in [-0.05, 0) is 37.0 Å². The molecule has 1 aromatic carbocycles. The van der Waals surface area contributed by atoms with Gasteiger partial charge in [-0.2, -0.15) is 4.98 Å². The van der Waals surface area contributed by atoms with Crippen molar-refractivity contribution < 1.29 is 0 Å². The maximum absolute atomic E-state index is 4.49. The van der Waals surface area contributed by atoms with Crippen LogP contribution in [0.3, 0.4) is 0 Å². The van der Waals surface area contributed by atoms with Gasteiger partial charge in [-0.25, -0.2) is 4.98 Å². The molecule has 0 fully saturated rings. The minimum Gasteiger partial charge on any atom is -0.354 e. The molecule has 1 aromatic heterocycles. The van der Waals surface area contributed by atoms with Gasteiger partial charge in [0.15, 0.2) is 0 Å². The van der Waals surface area contributed by atoms with Crippen molar-refractivity contribution in [3.63, 3.8) is 0 Å². The van der Waals surface area contributed by atoms with Crippen LogP contribution in [0.25, 0.3) is 0 Å². The van der Waals surface area contributed by atoms with E-state index < -0.39 is 0 Å². The fourth-order valence-electron chi connectivity index (χ4n) is 2.08. The van der Waals surface area contributed by atoms with Gasteiger partial charge in [0.05, 0.1) is 0 Å². The van der Waals surface area contributed by atoms with Gasteiger partial charge in [-0.3, -0.25) is 0 Å². The van der Waals surface area contributed by atoms with Crippen LogP contribution in [0.1, 0.15) is 31.4 Å². The lowest BCUT2D eigenvalue weighted by atomic mass is 10.1. The molecule has 0 aliphatic carbocycles. The molecule has 1 heterocycles. The van der Waals surface area contributed by atoms with Gasteiger partial charge < -0.3 is 10.6 Å². The molecule has 0 saturated carbocycles. The molecule has 0 spiro atoms. The van der Waals surface area contributed by atoms with Crippen LogP contribution < -0.4 is 10.6 Å². The predicted molar refractivity (Wildman–Crippen MR) is 84.7 cm³/mol. The van der Waals surface area contributed by atoms with Crippen LogP contribution in [0.2, 0.25) is 0 Å². The lowest BCUT2D eigenvalue weighted by Gasteiger charge is -2.14. The Morgan fingerprint density at radius 3 is 2.75 bits per heavy atom. The van der Waals surface area contributed by atoms with E-state index in [0.29, 0.717) is 5.95 Å². The molecule has 0 aliphatic heterocycles. The number of para-hydroxylation sites is 1. The summed E-state index contributed by atoms with van der Waals surface area (Å²) in [5.41, 5.74) is 3.67. The first-order chi connectivity index (χ1) is 9.74. The van der Waals surface area contributed by atoms with E-state index in [-0.39, 0.29) is 0 Å². The molecule has 0 bridgehead atoms. The highest BCUT2D eigenvalue weighted by atomic mass is 15.1. The molecule has 4 heteroatoms. The van der Waals surface area contributed by atoms with E-state index in [1.165, 1.54) is 11.1 Å². The second kappa shape index (κ2) is 6.89. The lowest BCUT2D eigenvalue weighted by Crippen LogP contribution is -2.06. The van der Waals surface area contributed by atoms with Crippen molar-refractivity contribution in [3.8, 4) is 0 Å². The third-order valence-electron chi connectivity index (χ3n) is 3.18. The number of aryl methyl sites for hydroxylation is 2. The van der Waals surface area contributed by atoms with Crippen LogP contribution in [0.5, 0.6) is 0 Å². The zero-order chi connectivity index (χ0) is 14.4. The average Bonchev–Trinajstić information content (AvgIpc) is 2.47. The Morgan fingerprint density at radius 2 is 2.00 bits per heavy atom. The van der Waals surface area contributed by atoms with Crippen molar-refractivity contribution in [1.29, 1.82) is 0 Å². The molecular formula is C16H22N4. The van der Waals surface area contributed by atoms with Crippen LogP contribution in [0, 0.1) is 6.92 Å². The topological polar surface area (TPSA) is 49.8 Å². The summed E-state index contributed by atoms with van der Waals surface area (Å²) < 4.78 is 0. The Kier molecular flexibility index (Phi) is 4.93. The standard InChI is InChI=1S/C16H22N4/c1-4-10-17-16-18-11-9-14(20-16)19-15-12(3)7-6-8-13(15)5-2/h6-9,11H,4-5,10H2,1-3H3,(H2,17,18,19,20). The summed E-state index contributed by atoms with van der Waals surface area (Å²) >= 11 is 0. The maximum Gasteiger partial charge on any atom is 0.224 e. The minimum absolute atomic E-state index is 0.670. The van der Waals surface area contributed by atoms with Gasteiger partial charge in [-0.1, -0.05) is 32.0 Å². The highest BCUT2D eigenvalue weighted by molar-refractivity contribution is 5.65. The van der Waals surface area contributed by atoms with Gasteiger partial charge in [0.25, 0.3) is 0 Å². The van der Waals surface area contributed by atoms with E-state index in [2.05, 4.69) is 59.6 Å².